The van der Waals surface area contributed by atoms with Crippen LogP contribution in [0.15, 0.2) is 30.3 Å². The number of para-hydroxylation sites is 1. The van der Waals surface area contributed by atoms with E-state index >= 15 is 0 Å². The molecule has 15 heavy (non-hydrogen) atoms. The van der Waals surface area contributed by atoms with Crippen LogP contribution < -0.4 is 10.6 Å². The van der Waals surface area contributed by atoms with Gasteiger partial charge >= 0.3 is 35.5 Å². The summed E-state index contributed by atoms with van der Waals surface area (Å²) in [6.07, 6.45) is 0. The van der Waals surface area contributed by atoms with Gasteiger partial charge in [-0.05, 0) is 24.4 Å². The van der Waals surface area contributed by atoms with E-state index in [0.29, 0.717) is 5.11 Å². The Labute approximate surface area is 115 Å². The van der Waals surface area contributed by atoms with Crippen LogP contribution in [0.1, 0.15) is 0 Å². The predicted molar refractivity (Wildman–Crippen MR) is 65.5 cm³/mol. The molecule has 6 heteroatoms. The van der Waals surface area contributed by atoms with E-state index < -0.39 is 5.97 Å². The number of nitrogens with one attached hydrogen (secondary N) is 2. The Morgan fingerprint density at radius 2 is 1.93 bits per heavy atom. The van der Waals surface area contributed by atoms with Crippen molar-refractivity contribution >= 4 is 58.5 Å². The van der Waals surface area contributed by atoms with E-state index in [1.807, 2.05) is 30.3 Å². The molecular weight excluding hydrogens is 223 g/mol. The second kappa shape index (κ2) is 7.64. The van der Waals surface area contributed by atoms with E-state index in [0.717, 1.165) is 5.69 Å². The summed E-state index contributed by atoms with van der Waals surface area (Å²) in [7, 11) is 0. The van der Waals surface area contributed by atoms with Gasteiger partial charge in [0.15, 0.2) is 5.11 Å². The SMILES string of the molecule is O=C(O)CNC(=S)Nc1ccccc1.[NaH]. The fourth-order valence-corrected chi connectivity index (χ4v) is 1.04. The van der Waals surface area contributed by atoms with Crippen molar-refractivity contribution < 1.29 is 9.90 Å². The number of benzene rings is 1. The number of carboxylic acids is 1. The fourth-order valence-electron chi connectivity index (χ4n) is 0.853. The van der Waals surface area contributed by atoms with Gasteiger partial charge in [-0.1, -0.05) is 18.2 Å². The first-order valence-corrected chi connectivity index (χ1v) is 4.41. The van der Waals surface area contributed by atoms with Crippen molar-refractivity contribution in [3.63, 3.8) is 0 Å². The zero-order chi connectivity index (χ0) is 10.4. The summed E-state index contributed by atoms with van der Waals surface area (Å²) in [4.78, 5) is 10.2. The number of carboxylic acid groups (broad SMARTS) is 1. The van der Waals surface area contributed by atoms with Gasteiger partial charge in [0.2, 0.25) is 0 Å². The number of aliphatic carboxylic acids is 1. The number of carbonyl (C=O) groups is 1. The molecule has 0 unspecified atom stereocenters. The van der Waals surface area contributed by atoms with Gasteiger partial charge in [-0.2, -0.15) is 0 Å². The number of rotatable bonds is 3. The predicted octanol–water partition coefficient (Wildman–Crippen LogP) is 0.409. The minimum absolute atomic E-state index is 0. The summed E-state index contributed by atoms with van der Waals surface area (Å²) in [5.74, 6) is -0.942. The average molecular weight is 234 g/mol. The standard InChI is InChI=1S/C9H10N2O2S.Na.H/c12-8(13)6-10-9(14)11-7-4-2-1-3-5-7;;/h1-5H,6H2,(H,12,13)(H2,10,11,14);;. The summed E-state index contributed by atoms with van der Waals surface area (Å²) in [6, 6.07) is 9.30. The maximum atomic E-state index is 10.2. The molecule has 0 atom stereocenters. The monoisotopic (exact) mass is 234 g/mol. The van der Waals surface area contributed by atoms with E-state index in [2.05, 4.69) is 10.6 Å². The minimum atomic E-state index is -0.942. The topological polar surface area (TPSA) is 61.4 Å². The van der Waals surface area contributed by atoms with Gasteiger partial charge in [0, 0.05) is 5.69 Å². The van der Waals surface area contributed by atoms with Crippen molar-refractivity contribution in [3.05, 3.63) is 30.3 Å². The first kappa shape index (κ1) is 14.4. The molecular formula is C9H11N2NaO2S. The van der Waals surface area contributed by atoms with Gasteiger partial charge < -0.3 is 15.7 Å². The molecule has 1 aromatic carbocycles. The van der Waals surface area contributed by atoms with Gasteiger partial charge in [-0.3, -0.25) is 4.79 Å². The van der Waals surface area contributed by atoms with E-state index in [4.69, 9.17) is 17.3 Å². The molecule has 4 nitrogen and oxygen atoms in total. The molecule has 0 amide bonds. The summed E-state index contributed by atoms with van der Waals surface area (Å²) in [6.45, 7) is -0.182. The van der Waals surface area contributed by atoms with E-state index in [1.165, 1.54) is 0 Å². The number of hydrogen-bond acceptors (Lipinski definition) is 2. The van der Waals surface area contributed by atoms with Crippen molar-refractivity contribution in [2.45, 2.75) is 0 Å². The van der Waals surface area contributed by atoms with E-state index in [-0.39, 0.29) is 36.1 Å². The molecule has 0 fully saturated rings. The number of anilines is 1. The maximum absolute atomic E-state index is 10.2. The van der Waals surface area contributed by atoms with Crippen molar-refractivity contribution in [1.29, 1.82) is 0 Å². The van der Waals surface area contributed by atoms with Crippen molar-refractivity contribution in [3.8, 4) is 0 Å². The second-order valence-corrected chi connectivity index (χ2v) is 2.98. The summed E-state index contributed by atoms with van der Waals surface area (Å²) >= 11 is 4.87. The molecule has 3 N–H and O–H groups in total. The summed E-state index contributed by atoms with van der Waals surface area (Å²) in [5, 5.41) is 14.1. The Morgan fingerprint density at radius 1 is 1.33 bits per heavy atom. The zero-order valence-electron chi connectivity index (χ0n) is 7.36. The molecule has 0 spiro atoms. The molecule has 1 rings (SSSR count). The third-order valence-electron chi connectivity index (χ3n) is 1.43. The van der Waals surface area contributed by atoms with Gasteiger partial charge in [0.1, 0.15) is 6.54 Å². The molecule has 0 saturated carbocycles. The normalized spacial score (nSPS) is 8.53. The van der Waals surface area contributed by atoms with Crippen molar-refractivity contribution in [2.24, 2.45) is 0 Å². The third kappa shape index (κ3) is 6.46. The molecule has 0 aliphatic rings. The fraction of sp³-hybridized carbons (Fsp3) is 0.111. The van der Waals surface area contributed by atoms with Crippen molar-refractivity contribution in [1.82, 2.24) is 5.32 Å². The van der Waals surface area contributed by atoms with Gasteiger partial charge in [-0.25, -0.2) is 0 Å². The molecule has 0 saturated heterocycles. The zero-order valence-corrected chi connectivity index (χ0v) is 8.17. The summed E-state index contributed by atoms with van der Waals surface area (Å²) < 4.78 is 0. The quantitative estimate of drug-likeness (QED) is 0.522. The summed E-state index contributed by atoms with van der Waals surface area (Å²) in [5.41, 5.74) is 0.829. The van der Waals surface area contributed by atoms with Crippen LogP contribution in [0.25, 0.3) is 0 Å². The van der Waals surface area contributed by atoms with Crippen LogP contribution in [-0.4, -0.2) is 52.3 Å². The Balaban J connectivity index is 0.00000196. The Bertz CT molecular complexity index is 332. The molecule has 0 aliphatic carbocycles. The van der Waals surface area contributed by atoms with Crippen LogP contribution in [0, 0.1) is 0 Å². The first-order valence-electron chi connectivity index (χ1n) is 4.00. The van der Waals surface area contributed by atoms with E-state index in [1.54, 1.807) is 0 Å². The Morgan fingerprint density at radius 3 is 2.47 bits per heavy atom. The van der Waals surface area contributed by atoms with E-state index in [9.17, 15) is 4.79 Å². The van der Waals surface area contributed by atoms with Crippen LogP contribution >= 0.6 is 12.2 Å². The van der Waals surface area contributed by atoms with Crippen LogP contribution in [0.3, 0.4) is 0 Å². The second-order valence-electron chi connectivity index (χ2n) is 2.57. The molecule has 0 aromatic heterocycles. The third-order valence-corrected chi connectivity index (χ3v) is 1.68. The molecule has 0 heterocycles. The Kier molecular flexibility index (Phi) is 7.33. The molecule has 0 aliphatic heterocycles. The molecule has 0 radical (unpaired) electrons. The number of hydrogen-bond donors (Lipinski definition) is 3. The van der Waals surface area contributed by atoms with Gasteiger partial charge in [0.25, 0.3) is 0 Å². The van der Waals surface area contributed by atoms with Gasteiger partial charge in [-0.15, -0.1) is 0 Å². The van der Waals surface area contributed by atoms with Crippen LogP contribution in [0.5, 0.6) is 0 Å². The van der Waals surface area contributed by atoms with Crippen LogP contribution in [-0.2, 0) is 4.79 Å². The average Bonchev–Trinajstić information content (AvgIpc) is 2.16. The van der Waals surface area contributed by atoms with Crippen LogP contribution in [0.2, 0.25) is 0 Å². The molecule has 76 valence electrons. The first-order chi connectivity index (χ1) is 6.68. The van der Waals surface area contributed by atoms with Gasteiger partial charge in [0.05, 0.1) is 0 Å². The van der Waals surface area contributed by atoms with Crippen LogP contribution in [0.4, 0.5) is 5.69 Å². The Hall–Kier alpha value is -0.620. The molecule has 1 aromatic rings. The van der Waals surface area contributed by atoms with Crippen molar-refractivity contribution in [2.75, 3.05) is 11.9 Å². The molecule has 0 bridgehead atoms. The number of thiocarbonyl (C=S) groups is 1.